The molecule has 0 aliphatic carbocycles. The largest absolute Gasteiger partial charge is 0.481 e. The molecule has 0 bridgehead atoms. The number of nitrogens with zero attached hydrogens (tertiary/aromatic N) is 3. The van der Waals surface area contributed by atoms with E-state index in [1.165, 1.54) is 0 Å². The van der Waals surface area contributed by atoms with E-state index in [2.05, 4.69) is 23.9 Å². The first-order valence-corrected chi connectivity index (χ1v) is 8.10. The van der Waals surface area contributed by atoms with Crippen molar-refractivity contribution < 1.29 is 9.90 Å². The van der Waals surface area contributed by atoms with E-state index < -0.39 is 5.97 Å². The molecule has 0 amide bonds. The number of rotatable bonds is 8. The van der Waals surface area contributed by atoms with Crippen LogP contribution < -0.4 is 4.90 Å². The molecule has 1 aromatic carbocycles. The molecule has 0 fully saturated rings. The zero-order valence-electron chi connectivity index (χ0n) is 14.6. The van der Waals surface area contributed by atoms with Crippen molar-refractivity contribution in [1.82, 2.24) is 9.88 Å². The number of carbonyl (C=O) groups is 1. The molecule has 0 aliphatic rings. The average molecular weight is 327 g/mol. The number of likely N-dealkylation sites (N-methyl/N-ethyl adjacent to an activating group) is 2. The Kier molecular flexibility index (Phi) is 6.32. The average Bonchev–Trinajstić information content (AvgIpc) is 2.58. The van der Waals surface area contributed by atoms with Crippen LogP contribution in [0.4, 0.5) is 5.82 Å². The normalized spacial score (nSPS) is 10.8. The molecular weight excluding hydrogens is 302 g/mol. The van der Waals surface area contributed by atoms with Gasteiger partial charge in [-0.25, -0.2) is 4.98 Å². The van der Waals surface area contributed by atoms with E-state index in [1.807, 2.05) is 49.5 Å². The summed E-state index contributed by atoms with van der Waals surface area (Å²) in [5.74, 6) is 0.179. The molecule has 0 atom stereocenters. The predicted octanol–water partition coefficient (Wildman–Crippen LogP) is 2.76. The third kappa shape index (κ3) is 5.35. The zero-order valence-corrected chi connectivity index (χ0v) is 14.6. The molecule has 0 radical (unpaired) electrons. The van der Waals surface area contributed by atoms with Gasteiger partial charge in [0.25, 0.3) is 0 Å². The van der Waals surface area contributed by atoms with Crippen LogP contribution in [0.1, 0.15) is 12.0 Å². The Morgan fingerprint density at radius 3 is 2.38 bits per heavy atom. The highest BCUT2D eigenvalue weighted by Crippen LogP contribution is 2.21. The van der Waals surface area contributed by atoms with Crippen molar-refractivity contribution in [2.75, 3.05) is 39.1 Å². The molecule has 1 aromatic heterocycles. The summed E-state index contributed by atoms with van der Waals surface area (Å²) in [7, 11) is 6.16. The maximum absolute atomic E-state index is 10.6. The summed E-state index contributed by atoms with van der Waals surface area (Å²) in [4.78, 5) is 19.7. The van der Waals surface area contributed by atoms with E-state index >= 15 is 0 Å². The molecule has 5 nitrogen and oxygen atoms in total. The van der Waals surface area contributed by atoms with E-state index in [9.17, 15) is 4.79 Å². The van der Waals surface area contributed by atoms with Gasteiger partial charge >= 0.3 is 5.97 Å². The maximum atomic E-state index is 10.6. The second kappa shape index (κ2) is 8.45. The maximum Gasteiger partial charge on any atom is 0.303 e. The first kappa shape index (κ1) is 17.9. The Balaban J connectivity index is 2.09. The van der Waals surface area contributed by atoms with Gasteiger partial charge in [0.15, 0.2) is 0 Å². The number of anilines is 1. The predicted molar refractivity (Wildman–Crippen MR) is 97.5 cm³/mol. The summed E-state index contributed by atoms with van der Waals surface area (Å²) in [6, 6.07) is 14.0. The van der Waals surface area contributed by atoms with Gasteiger partial charge in [-0.05, 0) is 38.2 Å². The van der Waals surface area contributed by atoms with Gasteiger partial charge in [-0.2, -0.15) is 0 Å². The van der Waals surface area contributed by atoms with Gasteiger partial charge in [0, 0.05) is 32.1 Å². The fourth-order valence-electron chi connectivity index (χ4n) is 2.35. The van der Waals surface area contributed by atoms with Crippen LogP contribution in [0, 0.1) is 0 Å². The summed E-state index contributed by atoms with van der Waals surface area (Å²) >= 11 is 0. The van der Waals surface area contributed by atoms with E-state index in [4.69, 9.17) is 10.1 Å². The minimum Gasteiger partial charge on any atom is -0.481 e. The van der Waals surface area contributed by atoms with Crippen LogP contribution in [-0.4, -0.2) is 55.2 Å². The second-order valence-electron chi connectivity index (χ2n) is 6.20. The highest BCUT2D eigenvalue weighted by molar-refractivity contribution is 5.67. The quantitative estimate of drug-likeness (QED) is 0.808. The van der Waals surface area contributed by atoms with Crippen molar-refractivity contribution in [2.45, 2.75) is 12.8 Å². The lowest BCUT2D eigenvalue weighted by molar-refractivity contribution is -0.136. The monoisotopic (exact) mass is 327 g/mol. The molecule has 128 valence electrons. The van der Waals surface area contributed by atoms with Crippen molar-refractivity contribution in [2.24, 2.45) is 0 Å². The van der Waals surface area contributed by atoms with E-state index in [-0.39, 0.29) is 6.42 Å². The highest BCUT2D eigenvalue weighted by atomic mass is 16.4. The minimum absolute atomic E-state index is 0.156. The minimum atomic E-state index is -0.769. The Labute approximate surface area is 143 Å². The molecule has 2 rings (SSSR count). The summed E-state index contributed by atoms with van der Waals surface area (Å²) < 4.78 is 0. The SMILES string of the molecule is CN(C)CCN(C)c1cccc(-c2ccc(CCC(=O)O)cc2)n1. The zero-order chi connectivity index (χ0) is 17.5. The van der Waals surface area contributed by atoms with Gasteiger partial charge in [-0.1, -0.05) is 30.3 Å². The lowest BCUT2D eigenvalue weighted by Crippen LogP contribution is -2.29. The van der Waals surface area contributed by atoms with Crippen LogP contribution in [0.3, 0.4) is 0 Å². The fourth-order valence-corrected chi connectivity index (χ4v) is 2.35. The molecule has 1 N–H and O–H groups in total. The van der Waals surface area contributed by atoms with Crippen LogP contribution in [0.25, 0.3) is 11.3 Å². The Bertz CT molecular complexity index is 669. The summed E-state index contributed by atoms with van der Waals surface area (Å²) in [6.45, 7) is 1.89. The van der Waals surface area contributed by atoms with Crippen molar-refractivity contribution in [3.05, 3.63) is 48.0 Å². The smallest absolute Gasteiger partial charge is 0.303 e. The van der Waals surface area contributed by atoms with Crippen LogP contribution >= 0.6 is 0 Å². The highest BCUT2D eigenvalue weighted by Gasteiger charge is 2.06. The summed E-state index contributed by atoms with van der Waals surface area (Å²) in [6.07, 6.45) is 0.708. The topological polar surface area (TPSA) is 56.7 Å². The Morgan fingerprint density at radius 1 is 1.04 bits per heavy atom. The molecule has 0 aliphatic heterocycles. The standard InChI is InChI=1S/C19H25N3O2/c1-21(2)13-14-22(3)18-6-4-5-17(20-18)16-10-7-15(8-11-16)9-12-19(23)24/h4-8,10-11H,9,12-14H2,1-3H3,(H,23,24). The van der Waals surface area contributed by atoms with Gasteiger partial charge in [-0.3, -0.25) is 4.79 Å². The van der Waals surface area contributed by atoms with Crippen LogP contribution in [0.5, 0.6) is 0 Å². The number of hydrogen-bond donors (Lipinski definition) is 1. The third-order valence-corrected chi connectivity index (χ3v) is 3.89. The summed E-state index contributed by atoms with van der Waals surface area (Å²) in [5, 5.41) is 8.75. The van der Waals surface area contributed by atoms with Gasteiger partial charge in [0.1, 0.15) is 5.82 Å². The number of benzene rings is 1. The van der Waals surface area contributed by atoms with Crippen molar-refractivity contribution >= 4 is 11.8 Å². The Morgan fingerprint density at radius 2 is 1.75 bits per heavy atom. The van der Waals surface area contributed by atoms with Gasteiger partial charge < -0.3 is 14.9 Å². The first-order chi connectivity index (χ1) is 11.5. The van der Waals surface area contributed by atoms with Gasteiger partial charge in [0.2, 0.25) is 0 Å². The molecule has 2 aromatic rings. The van der Waals surface area contributed by atoms with Crippen molar-refractivity contribution in [1.29, 1.82) is 0 Å². The lowest BCUT2D eigenvalue weighted by Gasteiger charge is -2.21. The van der Waals surface area contributed by atoms with Gasteiger partial charge in [0.05, 0.1) is 5.69 Å². The number of carboxylic acids is 1. The van der Waals surface area contributed by atoms with Crippen LogP contribution in [-0.2, 0) is 11.2 Å². The summed E-state index contributed by atoms with van der Waals surface area (Å²) in [5.41, 5.74) is 2.99. The van der Waals surface area contributed by atoms with Crippen LogP contribution in [0.2, 0.25) is 0 Å². The van der Waals surface area contributed by atoms with Crippen LogP contribution in [0.15, 0.2) is 42.5 Å². The number of pyridine rings is 1. The van der Waals surface area contributed by atoms with Crippen molar-refractivity contribution in [3.63, 3.8) is 0 Å². The van der Waals surface area contributed by atoms with Gasteiger partial charge in [-0.15, -0.1) is 0 Å². The first-order valence-electron chi connectivity index (χ1n) is 8.10. The molecule has 0 unspecified atom stereocenters. The molecule has 24 heavy (non-hydrogen) atoms. The molecule has 0 saturated heterocycles. The molecule has 0 spiro atoms. The molecule has 5 heteroatoms. The molecule has 1 heterocycles. The number of hydrogen-bond acceptors (Lipinski definition) is 4. The molecular formula is C19H25N3O2. The Hall–Kier alpha value is -2.40. The molecule has 0 saturated carbocycles. The third-order valence-electron chi connectivity index (χ3n) is 3.89. The number of aryl methyl sites for hydroxylation is 1. The number of carboxylic acid groups (broad SMARTS) is 1. The van der Waals surface area contributed by atoms with Crippen molar-refractivity contribution in [3.8, 4) is 11.3 Å². The van der Waals surface area contributed by atoms with E-state index in [0.717, 1.165) is 35.7 Å². The number of aliphatic carboxylic acids is 1. The fraction of sp³-hybridized carbons (Fsp3) is 0.368. The number of aromatic nitrogens is 1. The lowest BCUT2D eigenvalue weighted by atomic mass is 10.1. The second-order valence-corrected chi connectivity index (χ2v) is 6.20. The van der Waals surface area contributed by atoms with E-state index in [0.29, 0.717) is 6.42 Å². The van der Waals surface area contributed by atoms with E-state index in [1.54, 1.807) is 0 Å².